The van der Waals surface area contributed by atoms with Gasteiger partial charge in [-0.3, -0.25) is 4.79 Å². The second-order valence-corrected chi connectivity index (χ2v) is 7.34. The van der Waals surface area contributed by atoms with E-state index < -0.39 is 17.8 Å². The predicted octanol–water partition coefficient (Wildman–Crippen LogP) is 5.44. The lowest BCUT2D eigenvalue weighted by atomic mass is 9.94. The quantitative estimate of drug-likeness (QED) is 0.616. The molecule has 0 aromatic heterocycles. The summed E-state index contributed by atoms with van der Waals surface area (Å²) in [6.07, 6.45) is -4.12. The van der Waals surface area contributed by atoms with Crippen molar-refractivity contribution in [3.63, 3.8) is 0 Å². The molecule has 1 aliphatic carbocycles. The number of halogens is 4. The van der Waals surface area contributed by atoms with Gasteiger partial charge in [0, 0.05) is 23.4 Å². The standard InChI is InChI=1S/C22H17ClF3N3O3/c23-17-9-13(11-27)7-8-20(17)32-21(31)28-12-16-18(5-2-6-19(16)30)29-15-4-1-3-14(10-15)22(24,25)26/h1,3-4,7-10,29H,2,5-6,12H2,(H,28,31). The zero-order valence-corrected chi connectivity index (χ0v) is 17.3. The van der Waals surface area contributed by atoms with Crippen molar-refractivity contribution >= 4 is 29.2 Å². The molecule has 0 heterocycles. The first kappa shape index (κ1) is 23.2. The summed E-state index contributed by atoms with van der Waals surface area (Å²) in [6, 6.07) is 10.7. The molecule has 32 heavy (non-hydrogen) atoms. The molecule has 0 bridgehead atoms. The average molecular weight is 464 g/mol. The van der Waals surface area contributed by atoms with Crippen molar-refractivity contribution < 1.29 is 27.5 Å². The van der Waals surface area contributed by atoms with Crippen molar-refractivity contribution in [1.29, 1.82) is 5.26 Å². The van der Waals surface area contributed by atoms with Gasteiger partial charge in [-0.25, -0.2) is 4.79 Å². The van der Waals surface area contributed by atoms with E-state index in [1.54, 1.807) is 0 Å². The number of benzene rings is 2. The number of Topliss-reactive ketones (excluding diaryl/α,β-unsaturated/α-hetero) is 1. The molecule has 3 rings (SSSR count). The summed E-state index contributed by atoms with van der Waals surface area (Å²) in [5.41, 5.74) is 0.376. The topological polar surface area (TPSA) is 91.2 Å². The summed E-state index contributed by atoms with van der Waals surface area (Å²) in [6.45, 7) is -0.174. The largest absolute Gasteiger partial charge is 0.416 e. The third-order valence-electron chi connectivity index (χ3n) is 4.69. The number of nitrogens with zero attached hydrogens (tertiary/aromatic N) is 1. The first-order valence-corrected chi connectivity index (χ1v) is 9.90. The Hall–Kier alpha value is -3.51. The zero-order chi connectivity index (χ0) is 23.3. The molecule has 0 unspecified atom stereocenters. The Morgan fingerprint density at radius 3 is 2.66 bits per heavy atom. The number of rotatable bonds is 5. The van der Waals surface area contributed by atoms with Crippen LogP contribution in [0.5, 0.6) is 5.75 Å². The fraction of sp³-hybridized carbons (Fsp3) is 0.227. The van der Waals surface area contributed by atoms with Crippen molar-refractivity contribution in [2.45, 2.75) is 25.4 Å². The highest BCUT2D eigenvalue weighted by molar-refractivity contribution is 6.32. The highest BCUT2D eigenvalue weighted by Gasteiger charge is 2.30. The van der Waals surface area contributed by atoms with Crippen LogP contribution >= 0.6 is 11.6 Å². The number of alkyl halides is 3. The molecule has 0 fully saturated rings. The molecule has 2 N–H and O–H groups in total. The van der Waals surface area contributed by atoms with Crippen LogP contribution in [0, 0.1) is 11.3 Å². The van der Waals surface area contributed by atoms with Crippen molar-refractivity contribution in [1.82, 2.24) is 5.32 Å². The van der Waals surface area contributed by atoms with Gasteiger partial charge in [0.1, 0.15) is 0 Å². The second-order valence-electron chi connectivity index (χ2n) is 6.94. The van der Waals surface area contributed by atoms with Crippen LogP contribution < -0.4 is 15.4 Å². The highest BCUT2D eigenvalue weighted by Crippen LogP contribution is 2.32. The molecule has 2 aromatic rings. The Morgan fingerprint density at radius 2 is 1.97 bits per heavy atom. The van der Waals surface area contributed by atoms with Gasteiger partial charge in [-0.05, 0) is 49.2 Å². The van der Waals surface area contributed by atoms with Crippen molar-refractivity contribution in [3.8, 4) is 11.8 Å². The van der Waals surface area contributed by atoms with Crippen molar-refractivity contribution in [2.75, 3.05) is 11.9 Å². The van der Waals surface area contributed by atoms with E-state index in [4.69, 9.17) is 21.6 Å². The van der Waals surface area contributed by atoms with Crippen LogP contribution in [0.3, 0.4) is 0 Å². The molecule has 0 saturated carbocycles. The van der Waals surface area contributed by atoms with E-state index in [-0.39, 0.29) is 40.8 Å². The van der Waals surface area contributed by atoms with Gasteiger partial charge in [-0.1, -0.05) is 17.7 Å². The van der Waals surface area contributed by atoms with Gasteiger partial charge in [-0.2, -0.15) is 18.4 Å². The van der Waals surface area contributed by atoms with Gasteiger partial charge in [0.05, 0.1) is 28.8 Å². The Labute approximate surface area is 186 Å². The number of carbonyl (C=O) groups excluding carboxylic acids is 2. The first-order valence-electron chi connectivity index (χ1n) is 9.52. The van der Waals surface area contributed by atoms with Crippen molar-refractivity contribution in [2.24, 2.45) is 0 Å². The Bertz CT molecular complexity index is 1120. The van der Waals surface area contributed by atoms with Gasteiger partial charge in [0.25, 0.3) is 0 Å². The molecule has 1 aliphatic rings. The minimum absolute atomic E-state index is 0.0365. The van der Waals surface area contributed by atoms with Crippen LogP contribution in [-0.2, 0) is 11.0 Å². The first-order chi connectivity index (χ1) is 15.2. The van der Waals surface area contributed by atoms with Crippen LogP contribution in [0.15, 0.2) is 53.7 Å². The van der Waals surface area contributed by atoms with Crippen molar-refractivity contribution in [3.05, 3.63) is 69.9 Å². The minimum atomic E-state index is -4.49. The van der Waals surface area contributed by atoms with E-state index >= 15 is 0 Å². The highest BCUT2D eigenvalue weighted by atomic mass is 35.5. The number of ether oxygens (including phenoxy) is 1. The molecule has 10 heteroatoms. The fourth-order valence-corrected chi connectivity index (χ4v) is 3.36. The summed E-state index contributed by atoms with van der Waals surface area (Å²) in [4.78, 5) is 24.5. The van der Waals surface area contributed by atoms with Gasteiger partial charge in [0.2, 0.25) is 0 Å². The van der Waals surface area contributed by atoms with Gasteiger partial charge >= 0.3 is 12.3 Å². The van der Waals surface area contributed by atoms with Gasteiger partial charge < -0.3 is 15.4 Å². The molecule has 0 atom stereocenters. The maximum Gasteiger partial charge on any atom is 0.416 e. The summed E-state index contributed by atoms with van der Waals surface area (Å²) in [5.74, 6) is -0.183. The van der Waals surface area contributed by atoms with Crippen LogP contribution in [0.2, 0.25) is 5.02 Å². The lowest BCUT2D eigenvalue weighted by Crippen LogP contribution is -2.32. The van der Waals surface area contributed by atoms with Crippen LogP contribution in [0.4, 0.5) is 23.7 Å². The molecule has 166 valence electrons. The number of hydrogen-bond donors (Lipinski definition) is 2. The number of nitrogens with one attached hydrogen (secondary N) is 2. The van der Waals surface area contributed by atoms with Crippen LogP contribution in [-0.4, -0.2) is 18.4 Å². The van der Waals surface area contributed by atoms with E-state index in [0.717, 1.165) is 12.1 Å². The fourth-order valence-electron chi connectivity index (χ4n) is 3.14. The molecule has 0 radical (unpaired) electrons. The minimum Gasteiger partial charge on any atom is -0.409 e. The van der Waals surface area contributed by atoms with Gasteiger partial charge in [0.15, 0.2) is 11.5 Å². The smallest absolute Gasteiger partial charge is 0.409 e. The summed E-state index contributed by atoms with van der Waals surface area (Å²) in [5, 5.41) is 14.3. The molecule has 1 amide bonds. The van der Waals surface area contributed by atoms with E-state index in [1.807, 2.05) is 6.07 Å². The van der Waals surface area contributed by atoms with E-state index in [0.29, 0.717) is 24.1 Å². The Kier molecular flexibility index (Phi) is 7.05. The molecule has 6 nitrogen and oxygen atoms in total. The van der Waals surface area contributed by atoms with Crippen LogP contribution in [0.25, 0.3) is 0 Å². The lowest BCUT2D eigenvalue weighted by molar-refractivity contribution is -0.137. The lowest BCUT2D eigenvalue weighted by Gasteiger charge is -2.21. The van der Waals surface area contributed by atoms with Crippen LogP contribution in [0.1, 0.15) is 30.4 Å². The SMILES string of the molecule is N#Cc1ccc(OC(=O)NCC2=C(Nc3cccc(C(F)(F)F)c3)CCCC2=O)c(Cl)c1. The number of hydrogen-bond acceptors (Lipinski definition) is 5. The summed E-state index contributed by atoms with van der Waals surface area (Å²) >= 11 is 5.97. The summed E-state index contributed by atoms with van der Waals surface area (Å²) < 4.78 is 44.0. The second kappa shape index (κ2) is 9.75. The number of ketones is 1. The molecule has 0 saturated heterocycles. The van der Waals surface area contributed by atoms with E-state index in [2.05, 4.69) is 10.6 Å². The molecular weight excluding hydrogens is 447 g/mol. The molecule has 0 aliphatic heterocycles. The molecule has 0 spiro atoms. The van der Waals surface area contributed by atoms with E-state index in [1.165, 1.54) is 30.3 Å². The Balaban J connectivity index is 1.72. The van der Waals surface area contributed by atoms with Gasteiger partial charge in [-0.15, -0.1) is 0 Å². The number of carbonyl (C=O) groups is 2. The number of allylic oxidation sites excluding steroid dienone is 1. The maximum absolute atomic E-state index is 13.0. The van der Waals surface area contributed by atoms with E-state index in [9.17, 15) is 22.8 Å². The average Bonchev–Trinajstić information content (AvgIpc) is 2.74. The number of nitriles is 1. The predicted molar refractivity (Wildman–Crippen MR) is 111 cm³/mol. The number of anilines is 1. The zero-order valence-electron chi connectivity index (χ0n) is 16.6. The maximum atomic E-state index is 13.0. The number of amides is 1. The molecule has 2 aromatic carbocycles. The third-order valence-corrected chi connectivity index (χ3v) is 4.99. The monoisotopic (exact) mass is 463 g/mol. The third kappa shape index (κ3) is 5.80. The Morgan fingerprint density at radius 1 is 1.19 bits per heavy atom. The molecular formula is C22H17ClF3N3O3. The normalized spacial score (nSPS) is 14.0. The summed E-state index contributed by atoms with van der Waals surface area (Å²) in [7, 11) is 0.